The topological polar surface area (TPSA) is 34.5 Å². The second kappa shape index (κ2) is 7.39. The minimum atomic E-state index is 0.230. The second-order valence-corrected chi connectivity index (χ2v) is 7.27. The highest BCUT2D eigenvalue weighted by Crippen LogP contribution is 2.22. The average Bonchev–Trinajstić information content (AvgIpc) is 2.90. The number of para-hydroxylation sites is 1. The van der Waals surface area contributed by atoms with Gasteiger partial charge in [0.2, 0.25) is 5.91 Å². The van der Waals surface area contributed by atoms with Crippen LogP contribution in [0.3, 0.4) is 0 Å². The number of likely N-dealkylation sites (tertiary alicyclic amines) is 1. The molecule has 4 nitrogen and oxygen atoms in total. The van der Waals surface area contributed by atoms with Gasteiger partial charge in [0, 0.05) is 43.8 Å². The summed E-state index contributed by atoms with van der Waals surface area (Å²) in [5.41, 5.74) is 2.30. The Labute approximate surface area is 144 Å². The van der Waals surface area contributed by atoms with Gasteiger partial charge in [-0.1, -0.05) is 32.0 Å². The van der Waals surface area contributed by atoms with Gasteiger partial charge in [-0.25, -0.2) is 0 Å². The molecule has 130 valence electrons. The summed E-state index contributed by atoms with van der Waals surface area (Å²) < 4.78 is 8.01. The number of fused-ring (bicyclic) bond motifs is 1. The van der Waals surface area contributed by atoms with E-state index < -0.39 is 0 Å². The van der Waals surface area contributed by atoms with E-state index in [1.165, 1.54) is 10.9 Å². The first-order valence-corrected chi connectivity index (χ1v) is 8.97. The molecule has 1 aliphatic rings. The lowest BCUT2D eigenvalue weighted by molar-refractivity contribution is -0.133. The van der Waals surface area contributed by atoms with Crippen molar-refractivity contribution in [1.29, 1.82) is 0 Å². The minimum Gasteiger partial charge on any atom is -0.378 e. The highest BCUT2D eigenvalue weighted by atomic mass is 16.5. The Morgan fingerprint density at radius 3 is 2.67 bits per heavy atom. The SMILES string of the molecule is CC(C)COC1CCN(C(=O)Cc2cn(C)c3ccccc23)CC1. The zero-order valence-corrected chi connectivity index (χ0v) is 15.0. The van der Waals surface area contributed by atoms with Crippen LogP contribution in [0.2, 0.25) is 0 Å². The number of rotatable bonds is 5. The van der Waals surface area contributed by atoms with Gasteiger partial charge in [-0.2, -0.15) is 0 Å². The van der Waals surface area contributed by atoms with Crippen molar-refractivity contribution in [2.45, 2.75) is 39.2 Å². The van der Waals surface area contributed by atoms with Crippen molar-refractivity contribution < 1.29 is 9.53 Å². The van der Waals surface area contributed by atoms with Crippen molar-refractivity contribution >= 4 is 16.8 Å². The predicted molar refractivity (Wildman–Crippen MR) is 97.0 cm³/mol. The van der Waals surface area contributed by atoms with Crippen LogP contribution in [-0.2, 0) is 23.0 Å². The molecule has 0 spiro atoms. The van der Waals surface area contributed by atoms with E-state index in [4.69, 9.17) is 4.74 Å². The van der Waals surface area contributed by atoms with Crippen LogP contribution in [-0.4, -0.2) is 41.2 Å². The summed E-state index contributed by atoms with van der Waals surface area (Å²) in [5, 5.41) is 1.18. The van der Waals surface area contributed by atoms with Crippen LogP contribution in [0.25, 0.3) is 10.9 Å². The van der Waals surface area contributed by atoms with Crippen LogP contribution in [0, 0.1) is 5.92 Å². The van der Waals surface area contributed by atoms with Gasteiger partial charge in [-0.3, -0.25) is 4.79 Å². The zero-order chi connectivity index (χ0) is 17.1. The van der Waals surface area contributed by atoms with Crippen molar-refractivity contribution in [1.82, 2.24) is 9.47 Å². The first-order chi connectivity index (χ1) is 11.5. The van der Waals surface area contributed by atoms with Crippen LogP contribution in [0.4, 0.5) is 0 Å². The maximum absolute atomic E-state index is 12.7. The Kier molecular flexibility index (Phi) is 5.24. The summed E-state index contributed by atoms with van der Waals surface area (Å²) in [6.45, 7) is 6.78. The van der Waals surface area contributed by atoms with E-state index in [-0.39, 0.29) is 5.91 Å². The first-order valence-electron chi connectivity index (χ1n) is 8.97. The number of aromatic nitrogens is 1. The smallest absolute Gasteiger partial charge is 0.227 e. The first kappa shape index (κ1) is 17.0. The molecule has 2 aromatic rings. The number of aryl methyl sites for hydroxylation is 1. The molecule has 2 heterocycles. The molecule has 1 aromatic heterocycles. The molecule has 0 aliphatic carbocycles. The van der Waals surface area contributed by atoms with E-state index in [2.05, 4.69) is 36.7 Å². The van der Waals surface area contributed by atoms with Gasteiger partial charge in [0.25, 0.3) is 0 Å². The largest absolute Gasteiger partial charge is 0.378 e. The Morgan fingerprint density at radius 1 is 1.25 bits per heavy atom. The fraction of sp³-hybridized carbons (Fsp3) is 0.550. The molecule has 0 bridgehead atoms. The molecule has 1 fully saturated rings. The molecule has 1 saturated heterocycles. The van der Waals surface area contributed by atoms with E-state index >= 15 is 0 Å². The third-order valence-electron chi connectivity index (χ3n) is 4.78. The average molecular weight is 328 g/mol. The third-order valence-corrected chi connectivity index (χ3v) is 4.78. The third kappa shape index (κ3) is 3.81. The predicted octanol–water partition coefficient (Wildman–Crippen LogP) is 3.38. The number of ether oxygens (including phenoxy) is 1. The number of hydrogen-bond donors (Lipinski definition) is 0. The van der Waals surface area contributed by atoms with Crippen molar-refractivity contribution in [2.24, 2.45) is 13.0 Å². The van der Waals surface area contributed by atoms with E-state index in [0.717, 1.165) is 38.1 Å². The Balaban J connectivity index is 1.58. The fourth-order valence-corrected chi connectivity index (χ4v) is 3.44. The van der Waals surface area contributed by atoms with Gasteiger partial charge in [-0.05, 0) is 30.4 Å². The van der Waals surface area contributed by atoms with E-state index in [1.54, 1.807) is 0 Å². The standard InChI is InChI=1S/C20H28N2O2/c1-15(2)14-24-17-8-10-22(11-9-17)20(23)12-16-13-21(3)19-7-5-4-6-18(16)19/h4-7,13,15,17H,8-12,14H2,1-3H3. The van der Waals surface area contributed by atoms with Crippen LogP contribution < -0.4 is 0 Å². The number of amides is 1. The molecule has 4 heteroatoms. The van der Waals surface area contributed by atoms with Crippen molar-refractivity contribution in [3.05, 3.63) is 36.0 Å². The molecule has 1 aliphatic heterocycles. The van der Waals surface area contributed by atoms with Crippen LogP contribution >= 0.6 is 0 Å². The highest BCUT2D eigenvalue weighted by molar-refractivity contribution is 5.89. The van der Waals surface area contributed by atoms with Crippen molar-refractivity contribution in [3.63, 3.8) is 0 Å². The van der Waals surface area contributed by atoms with Crippen molar-refractivity contribution in [3.8, 4) is 0 Å². The van der Waals surface area contributed by atoms with Crippen LogP contribution in [0.1, 0.15) is 32.3 Å². The number of carbonyl (C=O) groups is 1. The zero-order valence-electron chi connectivity index (χ0n) is 15.0. The molecule has 0 unspecified atom stereocenters. The molecular weight excluding hydrogens is 300 g/mol. The highest BCUT2D eigenvalue weighted by Gasteiger charge is 2.24. The summed E-state index contributed by atoms with van der Waals surface area (Å²) in [4.78, 5) is 14.7. The maximum Gasteiger partial charge on any atom is 0.227 e. The Hall–Kier alpha value is -1.81. The number of piperidine rings is 1. The molecule has 0 saturated carbocycles. The molecule has 24 heavy (non-hydrogen) atoms. The second-order valence-electron chi connectivity index (χ2n) is 7.27. The molecule has 0 N–H and O–H groups in total. The van der Waals surface area contributed by atoms with Gasteiger partial charge in [0.05, 0.1) is 12.5 Å². The van der Waals surface area contributed by atoms with Gasteiger partial charge >= 0.3 is 0 Å². The van der Waals surface area contributed by atoms with Gasteiger partial charge < -0.3 is 14.2 Å². The summed E-state index contributed by atoms with van der Waals surface area (Å²) in [7, 11) is 2.04. The molecule has 1 amide bonds. The summed E-state index contributed by atoms with van der Waals surface area (Å²) in [6, 6.07) is 8.27. The fourth-order valence-electron chi connectivity index (χ4n) is 3.44. The molecule has 3 rings (SSSR count). The molecule has 0 radical (unpaired) electrons. The normalized spacial score (nSPS) is 16.2. The number of hydrogen-bond acceptors (Lipinski definition) is 2. The molecular formula is C20H28N2O2. The summed E-state index contributed by atoms with van der Waals surface area (Å²) in [5.74, 6) is 0.796. The lowest BCUT2D eigenvalue weighted by atomic mass is 10.1. The van der Waals surface area contributed by atoms with Gasteiger partial charge in [-0.15, -0.1) is 0 Å². The Bertz CT molecular complexity index is 697. The summed E-state index contributed by atoms with van der Waals surface area (Å²) in [6.07, 6.45) is 4.79. The monoisotopic (exact) mass is 328 g/mol. The number of carbonyl (C=O) groups excluding carboxylic acids is 1. The van der Waals surface area contributed by atoms with Crippen LogP contribution in [0.5, 0.6) is 0 Å². The van der Waals surface area contributed by atoms with Gasteiger partial charge in [0.15, 0.2) is 0 Å². The minimum absolute atomic E-state index is 0.230. The molecule has 0 atom stereocenters. The number of nitrogens with zero attached hydrogens (tertiary/aromatic N) is 2. The van der Waals surface area contributed by atoms with Gasteiger partial charge in [0.1, 0.15) is 0 Å². The quantitative estimate of drug-likeness (QED) is 0.843. The lowest BCUT2D eigenvalue weighted by Gasteiger charge is -2.32. The Morgan fingerprint density at radius 2 is 1.96 bits per heavy atom. The van der Waals surface area contributed by atoms with Crippen LogP contribution in [0.15, 0.2) is 30.5 Å². The maximum atomic E-state index is 12.7. The van der Waals surface area contributed by atoms with E-state index in [9.17, 15) is 4.79 Å². The van der Waals surface area contributed by atoms with E-state index in [1.807, 2.05) is 24.1 Å². The number of benzene rings is 1. The summed E-state index contributed by atoms with van der Waals surface area (Å²) >= 11 is 0. The van der Waals surface area contributed by atoms with Crippen molar-refractivity contribution in [2.75, 3.05) is 19.7 Å². The van der Waals surface area contributed by atoms with E-state index in [0.29, 0.717) is 18.4 Å². The molecule has 1 aromatic carbocycles. The lowest BCUT2D eigenvalue weighted by Crippen LogP contribution is -2.41.